The lowest BCUT2D eigenvalue weighted by Gasteiger charge is -2.28. The van der Waals surface area contributed by atoms with Crippen molar-refractivity contribution in [2.75, 3.05) is 12.4 Å². The summed E-state index contributed by atoms with van der Waals surface area (Å²) in [6, 6.07) is 8.75. The Hall–Kier alpha value is -1.62. The number of benzene rings is 2. The summed E-state index contributed by atoms with van der Waals surface area (Å²) >= 11 is 3.04. The van der Waals surface area contributed by atoms with Gasteiger partial charge in [-0.2, -0.15) is 0 Å². The monoisotopic (exact) mass is 353 g/mol. The maximum Gasteiger partial charge on any atom is 0.147 e. The van der Waals surface area contributed by atoms with Crippen molar-refractivity contribution in [2.45, 2.75) is 18.9 Å². The van der Waals surface area contributed by atoms with Crippen molar-refractivity contribution in [1.82, 2.24) is 0 Å². The molecule has 1 aliphatic rings. The van der Waals surface area contributed by atoms with Crippen LogP contribution >= 0.6 is 15.9 Å². The van der Waals surface area contributed by atoms with Gasteiger partial charge in [0.2, 0.25) is 0 Å². The molecule has 21 heavy (non-hydrogen) atoms. The van der Waals surface area contributed by atoms with Gasteiger partial charge in [0.1, 0.15) is 17.4 Å². The topological polar surface area (TPSA) is 21.3 Å². The molecule has 0 radical (unpaired) electrons. The van der Waals surface area contributed by atoms with Crippen LogP contribution in [0, 0.1) is 11.6 Å². The normalized spacial score (nSPS) is 17.0. The highest BCUT2D eigenvalue weighted by atomic mass is 79.9. The average Bonchev–Trinajstić information content (AvgIpc) is 2.52. The lowest BCUT2D eigenvalue weighted by molar-refractivity contribution is 0.414. The lowest BCUT2D eigenvalue weighted by Crippen LogP contribution is -2.20. The second kappa shape index (κ2) is 5.64. The molecule has 2 aromatic carbocycles. The smallest absolute Gasteiger partial charge is 0.147 e. The van der Waals surface area contributed by atoms with Crippen LogP contribution < -0.4 is 10.1 Å². The Morgan fingerprint density at radius 1 is 1.24 bits per heavy atom. The zero-order valence-electron chi connectivity index (χ0n) is 11.4. The number of hydrogen-bond acceptors (Lipinski definition) is 2. The van der Waals surface area contributed by atoms with E-state index in [-0.39, 0.29) is 22.0 Å². The number of methoxy groups -OCH3 is 1. The van der Waals surface area contributed by atoms with Crippen LogP contribution in [0.15, 0.2) is 34.8 Å². The molecule has 1 aliphatic heterocycles. The lowest BCUT2D eigenvalue weighted by atomic mass is 9.93. The molecular weight excluding hydrogens is 340 g/mol. The predicted molar refractivity (Wildman–Crippen MR) is 81.7 cm³/mol. The van der Waals surface area contributed by atoms with Gasteiger partial charge in [-0.3, -0.25) is 0 Å². The van der Waals surface area contributed by atoms with Gasteiger partial charge >= 0.3 is 0 Å². The summed E-state index contributed by atoms with van der Waals surface area (Å²) in [7, 11) is 1.61. The highest BCUT2D eigenvalue weighted by Gasteiger charge is 2.25. The van der Waals surface area contributed by atoms with E-state index in [1.165, 1.54) is 0 Å². The predicted octanol–water partition coefficient (Wildman–Crippen LogP) is 4.84. The van der Waals surface area contributed by atoms with Crippen molar-refractivity contribution in [1.29, 1.82) is 0 Å². The van der Waals surface area contributed by atoms with E-state index in [2.05, 4.69) is 21.2 Å². The van der Waals surface area contributed by atoms with Crippen LogP contribution in [0.3, 0.4) is 0 Å². The van der Waals surface area contributed by atoms with E-state index >= 15 is 0 Å². The molecule has 0 aliphatic carbocycles. The van der Waals surface area contributed by atoms with Crippen molar-refractivity contribution in [3.63, 3.8) is 0 Å². The summed E-state index contributed by atoms with van der Waals surface area (Å²) in [5.41, 5.74) is 1.71. The van der Waals surface area contributed by atoms with E-state index in [4.69, 9.17) is 4.74 Å². The zero-order chi connectivity index (χ0) is 15.0. The molecular formula is C16H14BrF2NO. The van der Waals surface area contributed by atoms with Crippen LogP contribution in [0.1, 0.15) is 23.6 Å². The highest BCUT2D eigenvalue weighted by Crippen LogP contribution is 2.38. The molecule has 0 fully saturated rings. The number of anilines is 1. The number of ether oxygens (including phenoxy) is 1. The quantitative estimate of drug-likeness (QED) is 0.780. The van der Waals surface area contributed by atoms with E-state index in [0.717, 1.165) is 17.4 Å². The molecule has 1 atom stereocenters. The number of nitrogens with one attached hydrogen (secondary N) is 1. The third-order valence-corrected chi connectivity index (χ3v) is 4.37. The summed E-state index contributed by atoms with van der Waals surface area (Å²) in [6.07, 6.45) is 1.22. The molecule has 1 unspecified atom stereocenters. The van der Waals surface area contributed by atoms with Crippen LogP contribution in [0.4, 0.5) is 14.5 Å². The van der Waals surface area contributed by atoms with Crippen LogP contribution in [0.5, 0.6) is 5.75 Å². The maximum atomic E-state index is 14.0. The first-order valence-electron chi connectivity index (χ1n) is 6.67. The van der Waals surface area contributed by atoms with Gasteiger partial charge in [-0.25, -0.2) is 8.78 Å². The van der Waals surface area contributed by atoms with Gasteiger partial charge in [-0.15, -0.1) is 0 Å². The Kier molecular flexibility index (Phi) is 3.85. The zero-order valence-corrected chi connectivity index (χ0v) is 13.0. The third kappa shape index (κ3) is 2.62. The number of fused-ring (bicyclic) bond motifs is 1. The van der Waals surface area contributed by atoms with Crippen molar-refractivity contribution >= 4 is 21.6 Å². The fraction of sp³-hybridized carbons (Fsp3) is 0.250. The van der Waals surface area contributed by atoms with E-state index in [0.29, 0.717) is 18.4 Å². The van der Waals surface area contributed by atoms with E-state index in [1.807, 2.05) is 24.3 Å². The number of hydrogen-bond donors (Lipinski definition) is 1. The molecule has 1 N–H and O–H groups in total. The molecule has 110 valence electrons. The van der Waals surface area contributed by atoms with Crippen molar-refractivity contribution < 1.29 is 13.5 Å². The third-order valence-electron chi connectivity index (χ3n) is 3.79. The average molecular weight is 354 g/mol. The minimum absolute atomic E-state index is 0.0292. The largest absolute Gasteiger partial charge is 0.497 e. The van der Waals surface area contributed by atoms with E-state index in [1.54, 1.807) is 7.11 Å². The van der Waals surface area contributed by atoms with Gasteiger partial charge < -0.3 is 10.1 Å². The molecule has 1 heterocycles. The van der Waals surface area contributed by atoms with Crippen LogP contribution in [0.2, 0.25) is 0 Å². The molecule has 0 aromatic heterocycles. The van der Waals surface area contributed by atoms with Gasteiger partial charge in [0.05, 0.1) is 23.3 Å². The SMILES string of the molecule is COc1ccc(C2CCc3c(F)c(Br)cc(F)c3N2)cc1. The van der Waals surface area contributed by atoms with Crippen LogP contribution in [-0.2, 0) is 6.42 Å². The fourth-order valence-electron chi connectivity index (χ4n) is 2.66. The van der Waals surface area contributed by atoms with Gasteiger partial charge in [-0.1, -0.05) is 12.1 Å². The summed E-state index contributed by atoms with van der Waals surface area (Å²) in [4.78, 5) is 0. The van der Waals surface area contributed by atoms with Crippen molar-refractivity contribution in [3.05, 3.63) is 57.6 Å². The Balaban J connectivity index is 1.92. The Morgan fingerprint density at radius 3 is 2.62 bits per heavy atom. The van der Waals surface area contributed by atoms with Crippen LogP contribution in [-0.4, -0.2) is 7.11 Å². The molecule has 0 amide bonds. The second-order valence-corrected chi connectivity index (χ2v) is 5.87. The number of halogens is 3. The van der Waals surface area contributed by atoms with Crippen LogP contribution in [0.25, 0.3) is 0 Å². The van der Waals surface area contributed by atoms with Crippen molar-refractivity contribution in [3.8, 4) is 5.75 Å². The molecule has 2 aromatic rings. The molecule has 2 nitrogen and oxygen atoms in total. The number of rotatable bonds is 2. The van der Waals surface area contributed by atoms with Gasteiger partial charge in [0.15, 0.2) is 0 Å². The first-order valence-corrected chi connectivity index (χ1v) is 7.46. The molecule has 0 bridgehead atoms. The first-order chi connectivity index (χ1) is 10.1. The van der Waals surface area contributed by atoms with E-state index in [9.17, 15) is 8.78 Å². The standard InChI is InChI=1S/C16H14BrF2NO/c1-21-10-4-2-9(3-5-10)14-7-6-11-15(19)12(17)8-13(18)16(11)20-14/h2-5,8,14,20H,6-7H2,1H3. The highest BCUT2D eigenvalue weighted by molar-refractivity contribution is 9.10. The Bertz CT molecular complexity index is 673. The van der Waals surface area contributed by atoms with Gasteiger partial charge in [0, 0.05) is 5.56 Å². The summed E-state index contributed by atoms with van der Waals surface area (Å²) in [6.45, 7) is 0. The summed E-state index contributed by atoms with van der Waals surface area (Å²) in [5, 5.41) is 3.11. The summed E-state index contributed by atoms with van der Waals surface area (Å²) < 4.78 is 33.4. The molecule has 5 heteroatoms. The van der Waals surface area contributed by atoms with Gasteiger partial charge in [-0.05, 0) is 52.5 Å². The molecule has 0 spiro atoms. The minimum Gasteiger partial charge on any atom is -0.497 e. The molecule has 0 saturated heterocycles. The minimum atomic E-state index is -0.434. The maximum absolute atomic E-state index is 14.0. The Labute approximate surface area is 130 Å². The fourth-order valence-corrected chi connectivity index (χ4v) is 3.10. The first kappa shape index (κ1) is 14.3. The molecule has 3 rings (SSSR count). The Morgan fingerprint density at radius 2 is 1.95 bits per heavy atom. The summed E-state index contributed by atoms with van der Waals surface area (Å²) in [5.74, 6) is -0.0420. The second-order valence-electron chi connectivity index (χ2n) is 5.02. The van der Waals surface area contributed by atoms with E-state index < -0.39 is 5.82 Å². The molecule has 0 saturated carbocycles. The van der Waals surface area contributed by atoms with Crippen molar-refractivity contribution in [2.24, 2.45) is 0 Å². The van der Waals surface area contributed by atoms with Gasteiger partial charge in [0.25, 0.3) is 0 Å².